The van der Waals surface area contributed by atoms with E-state index in [0.717, 1.165) is 39.7 Å². The van der Waals surface area contributed by atoms with E-state index < -0.39 is 5.41 Å². The van der Waals surface area contributed by atoms with E-state index in [1.165, 1.54) is 72.3 Å². The van der Waals surface area contributed by atoms with Gasteiger partial charge in [-0.15, -0.1) is 0 Å². The van der Waals surface area contributed by atoms with Crippen LogP contribution in [0.1, 0.15) is 47.2 Å². The number of nitrogens with zero attached hydrogens (tertiary/aromatic N) is 2. The van der Waals surface area contributed by atoms with Gasteiger partial charge in [0.25, 0.3) is 0 Å². The zero-order chi connectivity index (χ0) is 44.0. The molecule has 0 saturated carbocycles. The van der Waals surface area contributed by atoms with Crippen molar-refractivity contribution in [2.24, 2.45) is 0 Å². The third-order valence-corrected chi connectivity index (χ3v) is 14.6. The maximum Gasteiger partial charge on any atom is 0.0726 e. The van der Waals surface area contributed by atoms with Gasteiger partial charge in [0.1, 0.15) is 0 Å². The maximum absolute atomic E-state index is 2.50. The molecule has 1 spiro atoms. The van der Waals surface area contributed by atoms with Crippen LogP contribution in [0, 0.1) is 0 Å². The van der Waals surface area contributed by atoms with Gasteiger partial charge >= 0.3 is 0 Å². The Kier molecular flexibility index (Phi) is 8.51. The Balaban J connectivity index is 1.09. The van der Waals surface area contributed by atoms with Gasteiger partial charge in [0.05, 0.1) is 5.41 Å². The van der Waals surface area contributed by atoms with E-state index in [0.29, 0.717) is 0 Å². The van der Waals surface area contributed by atoms with Crippen LogP contribution >= 0.6 is 0 Å². The maximum atomic E-state index is 2.50. The van der Waals surface area contributed by atoms with Crippen molar-refractivity contribution >= 4 is 34.1 Å². The summed E-state index contributed by atoms with van der Waals surface area (Å²) >= 11 is 0. The second kappa shape index (κ2) is 14.7. The van der Waals surface area contributed by atoms with Gasteiger partial charge in [0.15, 0.2) is 0 Å². The highest BCUT2D eigenvalue weighted by atomic mass is 15.1. The minimum Gasteiger partial charge on any atom is -0.310 e. The molecule has 0 bridgehead atoms. The quantitative estimate of drug-likeness (QED) is 0.158. The Morgan fingerprint density at radius 2 is 0.667 bits per heavy atom. The van der Waals surface area contributed by atoms with Gasteiger partial charge in [0, 0.05) is 39.5 Å². The number of rotatable bonds is 7. The van der Waals surface area contributed by atoms with Crippen LogP contribution in [0.5, 0.6) is 0 Å². The fourth-order valence-corrected chi connectivity index (χ4v) is 11.8. The molecule has 3 aliphatic rings. The van der Waals surface area contributed by atoms with Crippen molar-refractivity contribution in [2.45, 2.75) is 24.7 Å². The summed E-state index contributed by atoms with van der Waals surface area (Å²) in [5.41, 5.74) is 24.2. The summed E-state index contributed by atoms with van der Waals surface area (Å²) in [5.74, 6) is 0. The Morgan fingerprint density at radius 3 is 1.24 bits per heavy atom. The van der Waals surface area contributed by atoms with E-state index in [1.807, 2.05) is 0 Å². The molecular weight excluding hydrogens is 797 g/mol. The minimum atomic E-state index is -0.522. The highest BCUT2D eigenvalue weighted by Gasteiger charge is 2.52. The lowest BCUT2D eigenvalue weighted by molar-refractivity contribution is 0.660. The topological polar surface area (TPSA) is 6.48 Å². The molecule has 2 heteroatoms. The third kappa shape index (κ3) is 5.48. The second-order valence-electron chi connectivity index (χ2n) is 18.4. The molecule has 10 aromatic carbocycles. The van der Waals surface area contributed by atoms with Crippen LogP contribution in [0.4, 0.5) is 34.1 Å². The van der Waals surface area contributed by atoms with Crippen molar-refractivity contribution in [3.8, 4) is 44.5 Å². The van der Waals surface area contributed by atoms with Crippen molar-refractivity contribution in [3.05, 3.63) is 276 Å². The number of hydrogen-bond acceptors (Lipinski definition) is 2. The summed E-state index contributed by atoms with van der Waals surface area (Å²) in [6, 6.07) is 90.0. The number of benzene rings is 10. The molecule has 66 heavy (non-hydrogen) atoms. The van der Waals surface area contributed by atoms with E-state index in [1.54, 1.807) is 0 Å². The van der Waals surface area contributed by atoms with Gasteiger partial charge in [0.2, 0.25) is 0 Å². The summed E-state index contributed by atoms with van der Waals surface area (Å²) in [6.07, 6.45) is 0. The van der Waals surface area contributed by atoms with Gasteiger partial charge in [-0.3, -0.25) is 0 Å². The SMILES string of the molecule is CC1(C)c2ccccc2-c2ccc(N(c3ccccc3)c3cccc(-c4cc(N(c5ccccc5)c5ccccc5)cc5c4-c4ccccc4C54c5ccccc5-c5ccccc54)c3)cc21. The standard InChI is InChI=1S/C64H46N2/c1-63(2)56-33-16-12-29-50(56)53-38-37-48(41-60(53)63)66(46-26-10-5-11-27-46)47-28-20-21-43(39-47)55-40-49(65(44-22-6-3-7-23-44)45-24-8-4-9-25-45)42-61-62(55)54-32-15-19-36-59(54)64(61)57-34-17-13-30-51(57)52-31-14-18-35-58(52)64/h3-42H,1-2H3. The Morgan fingerprint density at radius 1 is 0.258 bits per heavy atom. The van der Waals surface area contributed by atoms with E-state index in [9.17, 15) is 0 Å². The predicted octanol–water partition coefficient (Wildman–Crippen LogP) is 16.9. The van der Waals surface area contributed by atoms with Gasteiger partial charge in [-0.1, -0.05) is 184 Å². The van der Waals surface area contributed by atoms with E-state index in [4.69, 9.17) is 0 Å². The molecule has 0 amide bonds. The molecule has 312 valence electrons. The summed E-state index contributed by atoms with van der Waals surface area (Å²) in [6.45, 7) is 4.73. The molecule has 0 radical (unpaired) electrons. The van der Waals surface area contributed by atoms with E-state index >= 15 is 0 Å². The molecule has 2 nitrogen and oxygen atoms in total. The number of fused-ring (bicyclic) bond motifs is 13. The van der Waals surface area contributed by atoms with Crippen LogP contribution in [-0.2, 0) is 10.8 Å². The number of hydrogen-bond donors (Lipinski definition) is 0. The average molecular weight is 843 g/mol. The van der Waals surface area contributed by atoms with Crippen LogP contribution in [0.15, 0.2) is 243 Å². The monoisotopic (exact) mass is 842 g/mol. The third-order valence-electron chi connectivity index (χ3n) is 14.6. The van der Waals surface area contributed by atoms with Crippen molar-refractivity contribution in [3.63, 3.8) is 0 Å². The van der Waals surface area contributed by atoms with Crippen molar-refractivity contribution in [1.82, 2.24) is 0 Å². The van der Waals surface area contributed by atoms with Crippen molar-refractivity contribution in [2.75, 3.05) is 9.80 Å². The molecule has 0 aliphatic heterocycles. The van der Waals surface area contributed by atoms with Gasteiger partial charge in [-0.2, -0.15) is 0 Å². The first-order valence-electron chi connectivity index (χ1n) is 23.1. The summed E-state index contributed by atoms with van der Waals surface area (Å²) in [5, 5.41) is 0. The fourth-order valence-electron chi connectivity index (χ4n) is 11.8. The van der Waals surface area contributed by atoms with Crippen LogP contribution in [-0.4, -0.2) is 0 Å². The number of para-hydroxylation sites is 3. The molecule has 0 fully saturated rings. The van der Waals surface area contributed by atoms with Crippen LogP contribution in [0.2, 0.25) is 0 Å². The summed E-state index contributed by atoms with van der Waals surface area (Å²) in [4.78, 5) is 4.86. The smallest absolute Gasteiger partial charge is 0.0726 e. The van der Waals surface area contributed by atoms with Crippen LogP contribution in [0.3, 0.4) is 0 Å². The molecule has 0 unspecified atom stereocenters. The first-order valence-corrected chi connectivity index (χ1v) is 23.1. The normalized spacial score (nSPS) is 13.8. The lowest BCUT2D eigenvalue weighted by atomic mass is 9.70. The minimum absolute atomic E-state index is 0.128. The molecule has 10 aromatic rings. The first-order chi connectivity index (χ1) is 32.5. The molecule has 0 heterocycles. The van der Waals surface area contributed by atoms with E-state index in [2.05, 4.69) is 266 Å². The molecule has 13 rings (SSSR count). The molecule has 0 atom stereocenters. The molecule has 0 N–H and O–H groups in total. The predicted molar refractivity (Wildman–Crippen MR) is 275 cm³/mol. The first kappa shape index (κ1) is 38.3. The van der Waals surface area contributed by atoms with Crippen LogP contribution < -0.4 is 9.80 Å². The highest BCUT2D eigenvalue weighted by Crippen LogP contribution is 2.65. The molecule has 0 aromatic heterocycles. The lowest BCUT2D eigenvalue weighted by Gasteiger charge is -2.33. The van der Waals surface area contributed by atoms with Crippen molar-refractivity contribution in [1.29, 1.82) is 0 Å². The van der Waals surface area contributed by atoms with Crippen LogP contribution in [0.25, 0.3) is 44.5 Å². The molecule has 3 aliphatic carbocycles. The lowest BCUT2D eigenvalue weighted by Crippen LogP contribution is -2.26. The van der Waals surface area contributed by atoms with Gasteiger partial charge in [-0.25, -0.2) is 0 Å². The average Bonchev–Trinajstić information content (AvgIpc) is 3.93. The zero-order valence-electron chi connectivity index (χ0n) is 37.0. The largest absolute Gasteiger partial charge is 0.310 e. The van der Waals surface area contributed by atoms with E-state index in [-0.39, 0.29) is 5.41 Å². The highest BCUT2D eigenvalue weighted by molar-refractivity contribution is 6.02. The molecular formula is C64H46N2. The fraction of sp³-hybridized carbons (Fsp3) is 0.0625. The summed E-state index contributed by atoms with van der Waals surface area (Å²) in [7, 11) is 0. The Labute approximate surface area is 387 Å². The molecule has 0 saturated heterocycles. The van der Waals surface area contributed by atoms with Gasteiger partial charge in [-0.05, 0) is 151 Å². The van der Waals surface area contributed by atoms with Gasteiger partial charge < -0.3 is 9.80 Å². The number of anilines is 6. The summed E-state index contributed by atoms with van der Waals surface area (Å²) < 4.78 is 0. The Bertz CT molecular complexity index is 3430. The van der Waals surface area contributed by atoms with Crippen molar-refractivity contribution < 1.29 is 0 Å². The Hall–Kier alpha value is -8.20. The zero-order valence-corrected chi connectivity index (χ0v) is 37.0. The second-order valence-corrected chi connectivity index (χ2v) is 18.4.